The summed E-state index contributed by atoms with van der Waals surface area (Å²) in [5.74, 6) is 1.11. The van der Waals surface area contributed by atoms with Gasteiger partial charge in [0.05, 0.1) is 0 Å². The number of carbonyl (C=O) groups excluding carboxylic acids is 2. The topological polar surface area (TPSA) is 175 Å². The van der Waals surface area contributed by atoms with Gasteiger partial charge < -0.3 is 20.9 Å². The zero-order valence-electron chi connectivity index (χ0n) is 28.0. The van der Waals surface area contributed by atoms with Crippen molar-refractivity contribution in [2.45, 2.75) is 20.3 Å². The number of halogens is 1. The number of hydrogen-bond donors (Lipinski definition) is 5. The molecule has 4 aromatic heterocycles. The highest BCUT2D eigenvalue weighted by Gasteiger charge is 2.09. The summed E-state index contributed by atoms with van der Waals surface area (Å²) in [5, 5.41) is 18.3. The maximum absolute atomic E-state index is 12.3. The van der Waals surface area contributed by atoms with Crippen LogP contribution in [0.3, 0.4) is 0 Å². The van der Waals surface area contributed by atoms with Gasteiger partial charge in [0.15, 0.2) is 0 Å². The van der Waals surface area contributed by atoms with Crippen molar-refractivity contribution in [1.29, 1.82) is 0 Å². The van der Waals surface area contributed by atoms with Crippen LogP contribution in [0.1, 0.15) is 17.8 Å². The molecule has 6 rings (SSSR count). The van der Waals surface area contributed by atoms with Crippen molar-refractivity contribution in [3.8, 4) is 0 Å². The van der Waals surface area contributed by atoms with Crippen LogP contribution in [0.15, 0.2) is 85.5 Å². The number of nitrogens with one attached hydrogen (secondary N) is 5. The highest BCUT2D eigenvalue weighted by atomic mass is 35.5. The van der Waals surface area contributed by atoms with Crippen molar-refractivity contribution in [3.63, 3.8) is 0 Å². The average molecular weight is 693 g/mol. The summed E-state index contributed by atoms with van der Waals surface area (Å²) in [7, 11) is 4.09. The van der Waals surface area contributed by atoms with Crippen LogP contribution in [0.2, 0.25) is 5.15 Å². The molecule has 15 heteroatoms. The van der Waals surface area contributed by atoms with E-state index in [-0.39, 0.29) is 17.0 Å². The third-order valence-electron chi connectivity index (χ3n) is 7.01. The van der Waals surface area contributed by atoms with Gasteiger partial charge in [0.2, 0.25) is 11.9 Å². The molecule has 0 aliphatic carbocycles. The molecule has 0 saturated carbocycles. The van der Waals surface area contributed by atoms with E-state index in [1.165, 1.54) is 0 Å². The number of pyridine rings is 2. The summed E-state index contributed by atoms with van der Waals surface area (Å²) in [6, 6.07) is 17.7. The van der Waals surface area contributed by atoms with E-state index in [0.717, 1.165) is 46.7 Å². The van der Waals surface area contributed by atoms with Crippen LogP contribution in [-0.4, -0.2) is 74.1 Å². The molecule has 14 nitrogen and oxygen atoms in total. The molecule has 0 aliphatic heterocycles. The fourth-order valence-corrected chi connectivity index (χ4v) is 5.00. The Labute approximate surface area is 294 Å². The molecule has 0 unspecified atom stereocenters. The number of nitrogens with zero attached hydrogens (tertiary/aromatic N) is 7. The molecule has 0 bridgehead atoms. The first-order valence-corrected chi connectivity index (χ1v) is 16.1. The van der Waals surface area contributed by atoms with Crippen LogP contribution in [0.5, 0.6) is 0 Å². The zero-order chi connectivity index (χ0) is 35.5. The summed E-state index contributed by atoms with van der Waals surface area (Å²) in [6.45, 7) is 5.43. The van der Waals surface area contributed by atoms with Crippen molar-refractivity contribution in [2.75, 3.05) is 53.8 Å². The van der Waals surface area contributed by atoms with Gasteiger partial charge in [-0.1, -0.05) is 23.7 Å². The van der Waals surface area contributed by atoms with Crippen LogP contribution < -0.4 is 26.6 Å². The number of fused-ring (bicyclic) bond motifs is 2. The minimum Gasteiger partial charge on any atom is -0.370 e. The van der Waals surface area contributed by atoms with Crippen LogP contribution in [0.25, 0.3) is 21.5 Å². The van der Waals surface area contributed by atoms with Crippen molar-refractivity contribution in [2.24, 2.45) is 0 Å². The van der Waals surface area contributed by atoms with E-state index < -0.39 is 12.1 Å². The number of carbonyl (C=O) groups is 2. The van der Waals surface area contributed by atoms with E-state index in [2.05, 4.69) is 61.4 Å². The average Bonchev–Trinajstić information content (AvgIpc) is 3.06. The van der Waals surface area contributed by atoms with Gasteiger partial charge in [0, 0.05) is 70.9 Å². The molecular formula is C35H37ClN12O2. The van der Waals surface area contributed by atoms with E-state index in [0.29, 0.717) is 22.9 Å². The van der Waals surface area contributed by atoms with Gasteiger partial charge >= 0.3 is 12.1 Å². The van der Waals surface area contributed by atoms with E-state index in [1.54, 1.807) is 37.8 Å². The third kappa shape index (κ3) is 10.8. The Morgan fingerprint density at radius 1 is 0.660 bits per heavy atom. The normalized spacial score (nSPS) is 10.7. The second kappa shape index (κ2) is 16.9. The lowest BCUT2D eigenvalue weighted by molar-refractivity contribution is 0.261. The van der Waals surface area contributed by atoms with Crippen LogP contribution in [0.4, 0.5) is 38.7 Å². The lowest BCUT2D eigenvalue weighted by atomic mass is 10.1. The molecule has 50 heavy (non-hydrogen) atoms. The van der Waals surface area contributed by atoms with Crippen LogP contribution >= 0.6 is 11.6 Å². The molecule has 0 fully saturated rings. The Balaban J connectivity index is 0.000000200. The number of benzene rings is 2. The number of urea groups is 2. The van der Waals surface area contributed by atoms with E-state index in [9.17, 15) is 9.59 Å². The third-order valence-corrected chi connectivity index (χ3v) is 7.21. The Morgan fingerprint density at radius 2 is 1.20 bits per heavy atom. The van der Waals surface area contributed by atoms with Gasteiger partial charge in [-0.05, 0) is 94.1 Å². The molecular weight excluding hydrogens is 656 g/mol. The van der Waals surface area contributed by atoms with Crippen LogP contribution in [-0.2, 0) is 0 Å². The summed E-state index contributed by atoms with van der Waals surface area (Å²) >= 11 is 5.83. The number of hydrogen-bond acceptors (Lipinski definition) is 10. The monoisotopic (exact) mass is 692 g/mol. The van der Waals surface area contributed by atoms with Gasteiger partial charge in [-0.15, -0.1) is 0 Å². The molecule has 4 amide bonds. The predicted molar refractivity (Wildman–Crippen MR) is 199 cm³/mol. The smallest absolute Gasteiger partial charge is 0.326 e. The first-order valence-electron chi connectivity index (χ1n) is 15.7. The molecule has 4 heterocycles. The van der Waals surface area contributed by atoms with Gasteiger partial charge in [0.25, 0.3) is 0 Å². The highest BCUT2D eigenvalue weighted by molar-refractivity contribution is 6.29. The first-order chi connectivity index (χ1) is 24.1. The lowest BCUT2D eigenvalue weighted by Gasteiger charge is -2.12. The summed E-state index contributed by atoms with van der Waals surface area (Å²) in [5.41, 5.74) is 2.77. The molecule has 2 aromatic carbocycles. The lowest BCUT2D eigenvalue weighted by Crippen LogP contribution is -2.21. The maximum atomic E-state index is 12.3. The molecule has 0 spiro atoms. The number of aromatic nitrogens is 6. The number of anilines is 5. The Bertz CT molecular complexity index is 2090. The fourth-order valence-electron chi connectivity index (χ4n) is 4.77. The highest BCUT2D eigenvalue weighted by Crippen LogP contribution is 2.20. The number of amides is 4. The van der Waals surface area contributed by atoms with Crippen molar-refractivity contribution >= 4 is 74.3 Å². The molecule has 5 N–H and O–H groups in total. The van der Waals surface area contributed by atoms with Crippen LogP contribution in [0, 0.1) is 13.8 Å². The van der Waals surface area contributed by atoms with Crippen molar-refractivity contribution < 1.29 is 9.59 Å². The molecule has 0 saturated heterocycles. The van der Waals surface area contributed by atoms with Crippen molar-refractivity contribution in [1.82, 2.24) is 34.8 Å². The molecule has 256 valence electrons. The maximum Gasteiger partial charge on any atom is 0.326 e. The Kier molecular flexibility index (Phi) is 11.9. The SMILES string of the molecule is Cc1cc(Cl)nc(NC(=O)Nc2ccc3ccncc3c2)n1.Cc1cc(NCCCN(C)C)nc(NC(=O)Nc2ccc3ccncc3c2)n1. The summed E-state index contributed by atoms with van der Waals surface area (Å²) < 4.78 is 0. The fraction of sp³-hybridized carbons (Fsp3) is 0.200. The second-order valence-corrected chi connectivity index (χ2v) is 11.9. The predicted octanol–water partition coefficient (Wildman–Crippen LogP) is 6.97. The Hall–Kier alpha value is -5.99. The molecule has 0 aliphatic rings. The van der Waals surface area contributed by atoms with E-state index >= 15 is 0 Å². The minimum absolute atomic E-state index is 0.157. The largest absolute Gasteiger partial charge is 0.370 e. The van der Waals surface area contributed by atoms with Gasteiger partial charge in [-0.2, -0.15) is 4.98 Å². The molecule has 0 radical (unpaired) electrons. The van der Waals surface area contributed by atoms with Gasteiger partial charge in [-0.25, -0.2) is 24.5 Å². The first kappa shape index (κ1) is 35.3. The summed E-state index contributed by atoms with van der Waals surface area (Å²) in [4.78, 5) is 51.3. The van der Waals surface area contributed by atoms with E-state index in [1.807, 2.05) is 75.6 Å². The molecule has 6 aromatic rings. The number of rotatable bonds is 9. The quantitative estimate of drug-likeness (QED) is 0.0786. The zero-order valence-corrected chi connectivity index (χ0v) is 28.8. The molecule has 0 atom stereocenters. The summed E-state index contributed by atoms with van der Waals surface area (Å²) in [6.07, 6.45) is 7.96. The van der Waals surface area contributed by atoms with Gasteiger partial charge in [-0.3, -0.25) is 20.6 Å². The number of aryl methyl sites for hydroxylation is 2. The second-order valence-electron chi connectivity index (χ2n) is 11.5. The van der Waals surface area contributed by atoms with Crippen molar-refractivity contribution in [3.05, 3.63) is 102 Å². The Morgan fingerprint density at radius 3 is 1.74 bits per heavy atom. The minimum atomic E-state index is -0.440. The van der Waals surface area contributed by atoms with E-state index in [4.69, 9.17) is 11.6 Å². The standard InChI is InChI=1S/C20H25N7O.C15H12ClN5O/c1-14-11-18(22-8-4-10-27(2)3)25-19(23-14)26-20(28)24-17-6-5-15-7-9-21-13-16(15)12-17;1-9-6-13(16)20-14(18-9)21-15(22)19-12-3-2-10-4-5-17-8-11(10)7-12/h5-7,9,11-13H,4,8,10H2,1-3H3,(H3,22,23,24,25,26,28);2-8H,1H3,(H2,18,19,20,21,22). The van der Waals surface area contributed by atoms with Gasteiger partial charge in [0.1, 0.15) is 11.0 Å².